The van der Waals surface area contributed by atoms with E-state index in [2.05, 4.69) is 0 Å². The van der Waals surface area contributed by atoms with Crippen molar-refractivity contribution < 1.29 is 40.3 Å². The molecule has 0 spiro atoms. The van der Waals surface area contributed by atoms with Crippen LogP contribution in [0.5, 0.6) is 5.75 Å². The molecule has 3 rings (SSSR count). The molecule has 1 fully saturated rings. The van der Waals surface area contributed by atoms with Gasteiger partial charge in [0, 0.05) is 0 Å². The summed E-state index contributed by atoms with van der Waals surface area (Å²) in [6.45, 7) is 3.39. The van der Waals surface area contributed by atoms with Crippen LogP contribution in [0.4, 0.5) is 5.69 Å². The molecule has 1 aliphatic rings. The van der Waals surface area contributed by atoms with Gasteiger partial charge in [-0.05, 0) is 36.4 Å². The predicted molar refractivity (Wildman–Crippen MR) is 106 cm³/mol. The number of ether oxygens (including phenoxy) is 2. The molecule has 1 heterocycles. The monoisotopic (exact) mass is 442 g/mol. The summed E-state index contributed by atoms with van der Waals surface area (Å²) < 4.78 is 38.3. The van der Waals surface area contributed by atoms with E-state index in [4.69, 9.17) is 9.47 Å². The van der Waals surface area contributed by atoms with Gasteiger partial charge in [0.05, 0.1) is 37.5 Å². The third-order valence-electron chi connectivity index (χ3n) is 4.79. The van der Waals surface area contributed by atoms with Gasteiger partial charge in [0.2, 0.25) is 0 Å². The summed E-state index contributed by atoms with van der Waals surface area (Å²) in [4.78, 5) is 1.40. The number of aliphatic hydroxyl groups is 1. The van der Waals surface area contributed by atoms with E-state index in [0.29, 0.717) is 31.2 Å². The first-order chi connectivity index (χ1) is 13.5. The number of methoxy groups -OCH3 is 1. The van der Waals surface area contributed by atoms with Crippen molar-refractivity contribution in [2.45, 2.75) is 11.0 Å². The van der Waals surface area contributed by atoms with Crippen LogP contribution < -0.4 is 26.3 Å². The van der Waals surface area contributed by atoms with Crippen LogP contribution in [-0.4, -0.2) is 66.1 Å². The van der Waals surface area contributed by atoms with Crippen molar-refractivity contribution in [3.63, 3.8) is 0 Å². The summed E-state index contributed by atoms with van der Waals surface area (Å²) >= 11 is 0. The number of quaternary nitrogens is 1. The van der Waals surface area contributed by atoms with Crippen LogP contribution in [0.3, 0.4) is 0 Å². The first-order valence-electron chi connectivity index (χ1n) is 9.32. The largest absolute Gasteiger partial charge is 1.00 e. The Morgan fingerprint density at radius 2 is 1.72 bits per heavy atom. The van der Waals surface area contributed by atoms with Crippen molar-refractivity contribution in [3.05, 3.63) is 54.6 Å². The molecule has 0 amide bonds. The van der Waals surface area contributed by atoms with Crippen LogP contribution in [-0.2, 0) is 14.8 Å². The maximum atomic E-state index is 13.3. The molecule has 29 heavy (non-hydrogen) atoms. The molecule has 2 aromatic carbocycles. The minimum atomic E-state index is -3.81. The van der Waals surface area contributed by atoms with Crippen molar-refractivity contribution in [2.24, 2.45) is 0 Å². The molecule has 7 nitrogen and oxygen atoms in total. The highest BCUT2D eigenvalue weighted by atomic mass is 35.5. The highest BCUT2D eigenvalue weighted by Crippen LogP contribution is 2.26. The molecule has 1 unspecified atom stereocenters. The van der Waals surface area contributed by atoms with Gasteiger partial charge in [0.15, 0.2) is 0 Å². The van der Waals surface area contributed by atoms with Crippen LogP contribution in [0.2, 0.25) is 0 Å². The van der Waals surface area contributed by atoms with Gasteiger partial charge in [-0.2, -0.15) is 0 Å². The molecule has 0 bridgehead atoms. The van der Waals surface area contributed by atoms with Gasteiger partial charge in [0.1, 0.15) is 31.5 Å². The first-order valence-corrected chi connectivity index (χ1v) is 10.8. The predicted octanol–water partition coefficient (Wildman–Crippen LogP) is -2.83. The zero-order valence-corrected chi connectivity index (χ0v) is 17.9. The van der Waals surface area contributed by atoms with E-state index in [1.165, 1.54) is 9.21 Å². The average Bonchev–Trinajstić information content (AvgIpc) is 2.73. The van der Waals surface area contributed by atoms with Gasteiger partial charge in [-0.25, -0.2) is 8.42 Å². The Bertz CT molecular complexity index is 843. The van der Waals surface area contributed by atoms with Gasteiger partial charge in [-0.1, -0.05) is 18.2 Å². The number of anilines is 1. The standard InChI is InChI=1S/C20H26N2O5S.ClH/c1-26-19-9-7-17(8-10-19)22(28(24,25)20-5-3-2-4-6-20)16-18(23)15-21-11-13-27-14-12-21;/h2-10,18,23H,11-16H2,1H3;1H. The van der Waals surface area contributed by atoms with Crippen LogP contribution in [0.25, 0.3) is 0 Å². The van der Waals surface area contributed by atoms with E-state index < -0.39 is 16.1 Å². The fourth-order valence-electron chi connectivity index (χ4n) is 3.26. The van der Waals surface area contributed by atoms with Gasteiger partial charge in [-0.15, -0.1) is 0 Å². The van der Waals surface area contributed by atoms with Gasteiger partial charge < -0.3 is 31.9 Å². The molecule has 2 aromatic rings. The summed E-state index contributed by atoms with van der Waals surface area (Å²) in [5.41, 5.74) is 0.487. The van der Waals surface area contributed by atoms with Crippen molar-refractivity contribution in [2.75, 3.05) is 50.8 Å². The number of morpholine rings is 1. The molecule has 0 saturated carbocycles. The molecule has 1 atom stereocenters. The second-order valence-electron chi connectivity index (χ2n) is 6.77. The number of hydrogen-bond acceptors (Lipinski definition) is 5. The number of rotatable bonds is 8. The van der Waals surface area contributed by atoms with Gasteiger partial charge in [-0.3, -0.25) is 4.31 Å². The Hall–Kier alpha value is -1.84. The van der Waals surface area contributed by atoms with Crippen LogP contribution in [0.15, 0.2) is 59.5 Å². The maximum absolute atomic E-state index is 13.3. The number of benzene rings is 2. The molecule has 9 heteroatoms. The molecule has 0 aliphatic carbocycles. The minimum Gasteiger partial charge on any atom is -1.00 e. The van der Waals surface area contributed by atoms with Gasteiger partial charge >= 0.3 is 0 Å². The normalized spacial score (nSPS) is 15.9. The summed E-state index contributed by atoms with van der Waals surface area (Å²) in [6, 6.07) is 15.1. The fourth-order valence-corrected chi connectivity index (χ4v) is 4.79. The second kappa shape index (κ2) is 10.8. The Kier molecular flexibility index (Phi) is 8.73. The topological polar surface area (TPSA) is 80.5 Å². The van der Waals surface area contributed by atoms with Crippen molar-refractivity contribution >= 4 is 15.7 Å². The lowest BCUT2D eigenvalue weighted by Gasteiger charge is -2.30. The highest BCUT2D eigenvalue weighted by molar-refractivity contribution is 7.92. The third kappa shape index (κ3) is 6.07. The summed E-state index contributed by atoms with van der Waals surface area (Å²) in [5, 5.41) is 10.7. The molecular weight excluding hydrogens is 416 g/mol. The lowest BCUT2D eigenvalue weighted by molar-refractivity contribution is -0.910. The fraction of sp³-hybridized carbons (Fsp3) is 0.400. The Morgan fingerprint density at radius 3 is 2.31 bits per heavy atom. The highest BCUT2D eigenvalue weighted by Gasteiger charge is 2.29. The van der Waals surface area contributed by atoms with E-state index in [0.717, 1.165) is 13.1 Å². The molecule has 160 valence electrons. The van der Waals surface area contributed by atoms with Crippen LogP contribution in [0.1, 0.15) is 0 Å². The number of halogens is 1. The van der Waals surface area contributed by atoms with Crippen LogP contribution >= 0.6 is 0 Å². The van der Waals surface area contributed by atoms with E-state index in [1.54, 1.807) is 61.7 Å². The van der Waals surface area contributed by atoms with E-state index in [9.17, 15) is 13.5 Å². The van der Waals surface area contributed by atoms with Crippen molar-refractivity contribution in [1.82, 2.24) is 0 Å². The molecule has 2 N–H and O–H groups in total. The SMILES string of the molecule is COc1ccc(N(CC(O)C[NH+]2CCOCC2)S(=O)(=O)c2ccccc2)cc1.[Cl-]. The minimum absolute atomic E-state index is 0. The number of aliphatic hydroxyl groups excluding tert-OH is 1. The molecular formula is C20H27ClN2O5S. The first kappa shape index (κ1) is 23.4. The van der Waals surface area contributed by atoms with Gasteiger partial charge in [0.25, 0.3) is 10.0 Å². The molecule has 0 radical (unpaired) electrons. The summed E-state index contributed by atoms with van der Waals surface area (Å²) in [5.74, 6) is 0.638. The number of nitrogens with one attached hydrogen (secondary N) is 1. The van der Waals surface area contributed by atoms with Crippen molar-refractivity contribution in [3.8, 4) is 5.75 Å². The van der Waals surface area contributed by atoms with Crippen molar-refractivity contribution in [1.29, 1.82) is 0 Å². The van der Waals surface area contributed by atoms with E-state index in [1.807, 2.05) is 0 Å². The summed E-state index contributed by atoms with van der Waals surface area (Å²) in [7, 11) is -2.25. The molecule has 1 saturated heterocycles. The third-order valence-corrected chi connectivity index (χ3v) is 6.60. The lowest BCUT2D eigenvalue weighted by Crippen LogP contribution is -3.15. The number of sulfonamides is 1. The second-order valence-corrected chi connectivity index (χ2v) is 8.63. The average molecular weight is 443 g/mol. The zero-order valence-electron chi connectivity index (χ0n) is 16.3. The Labute approximate surface area is 178 Å². The van der Waals surface area contributed by atoms with E-state index >= 15 is 0 Å². The Balaban J connectivity index is 0.00000300. The van der Waals surface area contributed by atoms with Crippen LogP contribution in [0, 0.1) is 0 Å². The van der Waals surface area contributed by atoms with E-state index in [-0.39, 0.29) is 23.8 Å². The molecule has 0 aromatic heterocycles. The summed E-state index contributed by atoms with van der Waals surface area (Å²) in [6.07, 6.45) is -0.798. The number of hydrogen-bond donors (Lipinski definition) is 2. The number of nitrogens with zero attached hydrogens (tertiary/aromatic N) is 1. The zero-order chi connectivity index (χ0) is 20.0. The smallest absolute Gasteiger partial charge is 0.264 e. The maximum Gasteiger partial charge on any atom is 0.264 e. The molecule has 1 aliphatic heterocycles. The lowest BCUT2D eigenvalue weighted by atomic mass is 10.2. The Morgan fingerprint density at radius 1 is 1.10 bits per heavy atom. The quantitative estimate of drug-likeness (QED) is 0.461.